The van der Waals surface area contributed by atoms with Gasteiger partial charge in [0.25, 0.3) is 0 Å². The second-order valence-electron chi connectivity index (χ2n) is 3.49. The lowest BCUT2D eigenvalue weighted by atomic mass is 10.1. The fourth-order valence-electron chi connectivity index (χ4n) is 1.36. The molecule has 0 aliphatic heterocycles. The lowest BCUT2D eigenvalue weighted by molar-refractivity contribution is 0.104. The van der Waals surface area contributed by atoms with Crippen molar-refractivity contribution in [2.75, 3.05) is 0 Å². The van der Waals surface area contributed by atoms with Crippen molar-refractivity contribution in [1.29, 1.82) is 0 Å². The van der Waals surface area contributed by atoms with Crippen LogP contribution >= 0.6 is 11.6 Å². The minimum Gasteiger partial charge on any atom is -0.289 e. The number of benzene rings is 1. The summed E-state index contributed by atoms with van der Waals surface area (Å²) in [5.41, 5.74) is 1.57. The average molecular weight is 244 g/mol. The second kappa shape index (κ2) is 5.41. The zero-order valence-electron chi connectivity index (χ0n) is 9.01. The Kier molecular flexibility index (Phi) is 3.68. The summed E-state index contributed by atoms with van der Waals surface area (Å²) in [4.78, 5) is 15.7. The largest absolute Gasteiger partial charge is 0.289 e. The molecule has 0 bridgehead atoms. The minimum absolute atomic E-state index is 0.0431. The molecule has 0 unspecified atom stereocenters. The van der Waals surface area contributed by atoms with Crippen LogP contribution < -0.4 is 0 Å². The number of carbonyl (C=O) groups excluding carboxylic acids is 1. The Labute approximate surface area is 105 Å². The highest BCUT2D eigenvalue weighted by atomic mass is 35.5. The summed E-state index contributed by atoms with van der Waals surface area (Å²) in [7, 11) is 0. The van der Waals surface area contributed by atoms with E-state index in [1.54, 1.807) is 48.8 Å². The van der Waals surface area contributed by atoms with Crippen LogP contribution in [0.4, 0.5) is 0 Å². The van der Waals surface area contributed by atoms with E-state index in [4.69, 9.17) is 11.6 Å². The molecule has 0 atom stereocenters. The fraction of sp³-hybridized carbons (Fsp3) is 0. The Morgan fingerprint density at radius 1 is 1.06 bits per heavy atom. The Balaban J connectivity index is 2.12. The molecule has 3 heteroatoms. The molecule has 2 aromatic rings. The molecule has 2 rings (SSSR count). The Morgan fingerprint density at radius 2 is 1.71 bits per heavy atom. The first-order valence-corrected chi connectivity index (χ1v) is 5.51. The predicted octanol–water partition coefficient (Wildman–Crippen LogP) is 3.63. The number of pyridine rings is 1. The molecule has 2 nitrogen and oxygen atoms in total. The Bertz CT molecular complexity index is 532. The number of ketones is 1. The van der Waals surface area contributed by atoms with E-state index in [0.717, 1.165) is 5.56 Å². The van der Waals surface area contributed by atoms with Crippen molar-refractivity contribution in [1.82, 2.24) is 4.98 Å². The van der Waals surface area contributed by atoms with Gasteiger partial charge in [0.2, 0.25) is 0 Å². The number of hydrogen-bond donors (Lipinski definition) is 0. The van der Waals surface area contributed by atoms with Crippen molar-refractivity contribution in [3.05, 3.63) is 71.0 Å². The lowest BCUT2D eigenvalue weighted by Gasteiger charge is -1.95. The average Bonchev–Trinajstić information content (AvgIpc) is 2.38. The quantitative estimate of drug-likeness (QED) is 0.609. The molecule has 0 saturated carbocycles. The third-order valence-corrected chi connectivity index (χ3v) is 2.51. The van der Waals surface area contributed by atoms with Gasteiger partial charge in [0.05, 0.1) is 0 Å². The maximum atomic E-state index is 11.8. The van der Waals surface area contributed by atoms with Crippen LogP contribution in [0.25, 0.3) is 6.08 Å². The lowest BCUT2D eigenvalue weighted by Crippen LogP contribution is -1.92. The first-order chi connectivity index (χ1) is 8.25. The Hall–Kier alpha value is -1.93. The molecule has 0 spiro atoms. The summed E-state index contributed by atoms with van der Waals surface area (Å²) in [6, 6.07) is 10.5. The van der Waals surface area contributed by atoms with Gasteiger partial charge in [-0.25, -0.2) is 0 Å². The third kappa shape index (κ3) is 3.26. The van der Waals surface area contributed by atoms with Gasteiger partial charge in [-0.05, 0) is 48.0 Å². The summed E-state index contributed by atoms with van der Waals surface area (Å²) in [6.45, 7) is 0. The summed E-state index contributed by atoms with van der Waals surface area (Å²) in [5.74, 6) is -0.0431. The molecule has 0 fully saturated rings. The van der Waals surface area contributed by atoms with Crippen LogP contribution in [0.3, 0.4) is 0 Å². The van der Waals surface area contributed by atoms with E-state index in [-0.39, 0.29) is 5.78 Å². The predicted molar refractivity (Wildman–Crippen MR) is 69.1 cm³/mol. The first-order valence-electron chi connectivity index (χ1n) is 5.14. The van der Waals surface area contributed by atoms with Gasteiger partial charge in [-0.2, -0.15) is 0 Å². The van der Waals surface area contributed by atoms with Gasteiger partial charge in [-0.15, -0.1) is 0 Å². The van der Waals surface area contributed by atoms with E-state index in [2.05, 4.69) is 4.98 Å². The van der Waals surface area contributed by atoms with Crippen LogP contribution in [0.2, 0.25) is 5.02 Å². The van der Waals surface area contributed by atoms with Crippen LogP contribution in [0.1, 0.15) is 15.9 Å². The fourth-order valence-corrected chi connectivity index (χ4v) is 1.48. The second-order valence-corrected chi connectivity index (χ2v) is 3.92. The van der Waals surface area contributed by atoms with Crippen LogP contribution in [0.15, 0.2) is 54.9 Å². The standard InChI is InChI=1S/C14H10ClNO/c15-13-4-2-12(3-5-13)14(17)6-1-11-7-9-16-10-8-11/h1-10H. The normalized spacial score (nSPS) is 10.6. The van der Waals surface area contributed by atoms with Crippen LogP contribution in [-0.4, -0.2) is 10.8 Å². The molecule has 0 radical (unpaired) electrons. The van der Waals surface area contributed by atoms with Gasteiger partial charge < -0.3 is 0 Å². The maximum absolute atomic E-state index is 11.8. The number of allylic oxidation sites excluding steroid dienone is 1. The van der Waals surface area contributed by atoms with E-state index < -0.39 is 0 Å². The molecule has 0 N–H and O–H groups in total. The maximum Gasteiger partial charge on any atom is 0.185 e. The summed E-state index contributed by atoms with van der Waals surface area (Å²) < 4.78 is 0. The molecule has 17 heavy (non-hydrogen) atoms. The zero-order chi connectivity index (χ0) is 12.1. The third-order valence-electron chi connectivity index (χ3n) is 2.26. The smallest absolute Gasteiger partial charge is 0.185 e. The number of halogens is 1. The van der Waals surface area contributed by atoms with Gasteiger partial charge >= 0.3 is 0 Å². The van der Waals surface area contributed by atoms with E-state index in [0.29, 0.717) is 10.6 Å². The molecule has 1 aromatic heterocycles. The molecule has 0 amide bonds. The van der Waals surface area contributed by atoms with Crippen molar-refractivity contribution in [3.8, 4) is 0 Å². The van der Waals surface area contributed by atoms with Crippen LogP contribution in [-0.2, 0) is 0 Å². The monoisotopic (exact) mass is 243 g/mol. The van der Waals surface area contributed by atoms with E-state index in [9.17, 15) is 4.79 Å². The summed E-state index contributed by atoms with van der Waals surface area (Å²) >= 11 is 5.75. The number of rotatable bonds is 3. The van der Waals surface area contributed by atoms with Crippen molar-refractivity contribution in [2.45, 2.75) is 0 Å². The summed E-state index contributed by atoms with van der Waals surface area (Å²) in [5, 5.41) is 0.625. The Morgan fingerprint density at radius 3 is 2.35 bits per heavy atom. The minimum atomic E-state index is -0.0431. The van der Waals surface area contributed by atoms with Crippen LogP contribution in [0, 0.1) is 0 Å². The highest BCUT2D eigenvalue weighted by Crippen LogP contribution is 2.11. The highest BCUT2D eigenvalue weighted by Gasteiger charge is 2.00. The van der Waals surface area contributed by atoms with Crippen molar-refractivity contribution < 1.29 is 4.79 Å². The molecule has 0 aliphatic rings. The summed E-state index contributed by atoms with van der Waals surface area (Å²) in [6.07, 6.45) is 6.68. The molecule has 1 heterocycles. The van der Waals surface area contributed by atoms with Crippen molar-refractivity contribution in [2.24, 2.45) is 0 Å². The van der Waals surface area contributed by atoms with Crippen molar-refractivity contribution >= 4 is 23.5 Å². The van der Waals surface area contributed by atoms with Gasteiger partial charge in [0.1, 0.15) is 0 Å². The number of aromatic nitrogens is 1. The molecular weight excluding hydrogens is 234 g/mol. The number of hydrogen-bond acceptors (Lipinski definition) is 2. The van der Waals surface area contributed by atoms with Gasteiger partial charge in [0, 0.05) is 23.0 Å². The first kappa shape index (κ1) is 11.6. The van der Waals surface area contributed by atoms with Crippen molar-refractivity contribution in [3.63, 3.8) is 0 Å². The highest BCUT2D eigenvalue weighted by molar-refractivity contribution is 6.30. The molecular formula is C14H10ClNO. The number of carbonyl (C=O) groups is 1. The van der Waals surface area contributed by atoms with Crippen LogP contribution in [0.5, 0.6) is 0 Å². The van der Waals surface area contributed by atoms with Gasteiger partial charge in [-0.1, -0.05) is 17.7 Å². The zero-order valence-corrected chi connectivity index (χ0v) is 9.76. The molecule has 84 valence electrons. The van der Waals surface area contributed by atoms with E-state index in [1.165, 1.54) is 0 Å². The number of nitrogens with zero attached hydrogens (tertiary/aromatic N) is 1. The SMILES string of the molecule is O=C(C=Cc1ccncc1)c1ccc(Cl)cc1. The van der Waals surface area contributed by atoms with Gasteiger partial charge in [-0.3, -0.25) is 9.78 Å². The topological polar surface area (TPSA) is 30.0 Å². The van der Waals surface area contributed by atoms with Gasteiger partial charge in [0.15, 0.2) is 5.78 Å². The molecule has 1 aromatic carbocycles. The van der Waals surface area contributed by atoms with E-state index >= 15 is 0 Å². The van der Waals surface area contributed by atoms with E-state index in [1.807, 2.05) is 12.1 Å². The molecule has 0 aliphatic carbocycles. The molecule has 0 saturated heterocycles.